The SMILES string of the molecule is CCN1CCC(F)(C(=O)Nc2cc3cc(-c4cnc(C)n4C)ccc3cn2)CC1. The molecule has 1 amide bonds. The van der Waals surface area contributed by atoms with Crippen LogP contribution in [0.15, 0.2) is 36.7 Å². The summed E-state index contributed by atoms with van der Waals surface area (Å²) in [5.74, 6) is 0.708. The summed E-state index contributed by atoms with van der Waals surface area (Å²) in [4.78, 5) is 23.4. The van der Waals surface area contributed by atoms with Crippen LogP contribution in [0.3, 0.4) is 0 Å². The Kier molecular flexibility index (Phi) is 5.08. The van der Waals surface area contributed by atoms with E-state index >= 15 is 4.39 Å². The number of hydrogen-bond donors (Lipinski definition) is 1. The van der Waals surface area contributed by atoms with Gasteiger partial charge in [0.2, 0.25) is 0 Å². The van der Waals surface area contributed by atoms with E-state index in [1.807, 2.05) is 49.9 Å². The Morgan fingerprint density at radius 1 is 1.17 bits per heavy atom. The van der Waals surface area contributed by atoms with E-state index in [9.17, 15) is 4.79 Å². The number of amides is 1. The Balaban J connectivity index is 1.57. The highest BCUT2D eigenvalue weighted by molar-refractivity contribution is 5.98. The largest absolute Gasteiger partial charge is 0.331 e. The second-order valence-electron chi connectivity index (χ2n) is 7.73. The second-order valence-corrected chi connectivity index (χ2v) is 7.73. The molecule has 1 fully saturated rings. The molecule has 0 atom stereocenters. The molecule has 152 valence electrons. The van der Waals surface area contributed by atoms with Crippen LogP contribution in [0, 0.1) is 6.92 Å². The average molecular weight is 395 g/mol. The highest BCUT2D eigenvalue weighted by atomic mass is 19.1. The van der Waals surface area contributed by atoms with Crippen LogP contribution < -0.4 is 5.32 Å². The molecule has 1 aliphatic rings. The van der Waals surface area contributed by atoms with Gasteiger partial charge in [-0.3, -0.25) is 4.79 Å². The normalized spacial score (nSPS) is 16.8. The van der Waals surface area contributed by atoms with Gasteiger partial charge >= 0.3 is 0 Å². The van der Waals surface area contributed by atoms with Crippen molar-refractivity contribution in [3.05, 3.63) is 42.5 Å². The molecule has 6 nitrogen and oxygen atoms in total. The van der Waals surface area contributed by atoms with Gasteiger partial charge in [-0.15, -0.1) is 0 Å². The van der Waals surface area contributed by atoms with Crippen molar-refractivity contribution in [3.63, 3.8) is 0 Å². The molecule has 0 spiro atoms. The quantitative estimate of drug-likeness (QED) is 0.732. The number of hydrogen-bond acceptors (Lipinski definition) is 4. The molecule has 1 saturated heterocycles. The van der Waals surface area contributed by atoms with E-state index in [-0.39, 0.29) is 12.8 Å². The first-order valence-electron chi connectivity index (χ1n) is 10.0. The second kappa shape index (κ2) is 7.55. The molecular weight excluding hydrogens is 369 g/mol. The predicted octanol–water partition coefficient (Wildman–Crippen LogP) is 3.71. The third kappa shape index (κ3) is 3.74. The summed E-state index contributed by atoms with van der Waals surface area (Å²) in [6, 6.07) is 7.85. The number of carbonyl (C=O) groups is 1. The molecule has 0 radical (unpaired) electrons. The van der Waals surface area contributed by atoms with Gasteiger partial charge in [-0.2, -0.15) is 0 Å². The summed E-state index contributed by atoms with van der Waals surface area (Å²) < 4.78 is 17.2. The van der Waals surface area contributed by atoms with Crippen LogP contribution in [0.5, 0.6) is 0 Å². The number of imidazole rings is 1. The summed E-state index contributed by atoms with van der Waals surface area (Å²) in [6.07, 6.45) is 3.97. The maximum absolute atomic E-state index is 15.1. The molecule has 4 rings (SSSR count). The Bertz CT molecular complexity index is 1050. The minimum absolute atomic E-state index is 0.213. The summed E-state index contributed by atoms with van der Waals surface area (Å²) in [5, 5.41) is 4.58. The van der Waals surface area contributed by atoms with Crippen molar-refractivity contribution >= 4 is 22.5 Å². The molecule has 1 aliphatic heterocycles. The number of rotatable bonds is 4. The van der Waals surface area contributed by atoms with Gasteiger partial charge in [0, 0.05) is 50.1 Å². The monoisotopic (exact) mass is 395 g/mol. The van der Waals surface area contributed by atoms with Gasteiger partial charge in [-0.1, -0.05) is 19.1 Å². The third-order valence-electron chi connectivity index (χ3n) is 5.98. The minimum atomic E-state index is -1.84. The lowest BCUT2D eigenvalue weighted by atomic mass is 9.92. The Morgan fingerprint density at radius 2 is 1.93 bits per heavy atom. The number of pyridine rings is 1. The molecule has 2 aromatic heterocycles. The van der Waals surface area contributed by atoms with E-state index in [0.717, 1.165) is 34.4 Å². The maximum Gasteiger partial charge on any atom is 0.263 e. The molecule has 0 saturated carbocycles. The van der Waals surface area contributed by atoms with E-state index in [0.29, 0.717) is 18.9 Å². The summed E-state index contributed by atoms with van der Waals surface area (Å²) in [7, 11) is 1.98. The first-order valence-corrected chi connectivity index (χ1v) is 10.0. The summed E-state index contributed by atoms with van der Waals surface area (Å²) in [5.41, 5.74) is 0.200. The fourth-order valence-electron chi connectivity index (χ4n) is 3.82. The third-order valence-corrected chi connectivity index (χ3v) is 5.98. The van der Waals surface area contributed by atoms with Crippen molar-refractivity contribution in [2.75, 3.05) is 25.0 Å². The number of fused-ring (bicyclic) bond motifs is 1. The van der Waals surface area contributed by atoms with Crippen LogP contribution in [0.4, 0.5) is 10.2 Å². The van der Waals surface area contributed by atoms with E-state index in [1.54, 1.807) is 12.3 Å². The molecule has 1 aromatic carbocycles. The van der Waals surface area contributed by atoms with Crippen LogP contribution in [0.1, 0.15) is 25.6 Å². The minimum Gasteiger partial charge on any atom is -0.331 e. The lowest BCUT2D eigenvalue weighted by Crippen LogP contribution is -2.48. The number of aryl methyl sites for hydroxylation is 1. The van der Waals surface area contributed by atoms with E-state index in [1.165, 1.54) is 0 Å². The Labute approximate surface area is 169 Å². The number of benzene rings is 1. The van der Waals surface area contributed by atoms with E-state index in [2.05, 4.69) is 20.2 Å². The number of carbonyl (C=O) groups excluding carboxylic acids is 1. The molecule has 7 heteroatoms. The van der Waals surface area contributed by atoms with Crippen LogP contribution in [-0.4, -0.2) is 50.6 Å². The fourth-order valence-corrected chi connectivity index (χ4v) is 3.82. The number of anilines is 1. The smallest absolute Gasteiger partial charge is 0.263 e. The highest BCUT2D eigenvalue weighted by Crippen LogP contribution is 2.29. The lowest BCUT2D eigenvalue weighted by molar-refractivity contribution is -0.130. The van der Waals surface area contributed by atoms with Crippen LogP contribution in [0.25, 0.3) is 22.0 Å². The summed E-state index contributed by atoms with van der Waals surface area (Å²) in [6.45, 7) is 6.08. The molecule has 3 heterocycles. The lowest BCUT2D eigenvalue weighted by Gasteiger charge is -2.34. The van der Waals surface area contributed by atoms with E-state index < -0.39 is 11.6 Å². The van der Waals surface area contributed by atoms with Gasteiger partial charge in [0.15, 0.2) is 5.67 Å². The average Bonchev–Trinajstić information content (AvgIpc) is 3.06. The molecule has 29 heavy (non-hydrogen) atoms. The zero-order chi connectivity index (χ0) is 20.6. The van der Waals surface area contributed by atoms with Crippen molar-refractivity contribution in [1.29, 1.82) is 0 Å². The Hall–Kier alpha value is -2.80. The molecular formula is C22H26FN5O. The van der Waals surface area contributed by atoms with Gasteiger partial charge in [-0.05, 0) is 31.0 Å². The summed E-state index contributed by atoms with van der Waals surface area (Å²) >= 11 is 0. The molecule has 0 aliphatic carbocycles. The number of piperidine rings is 1. The first-order chi connectivity index (χ1) is 13.9. The Morgan fingerprint density at radius 3 is 2.59 bits per heavy atom. The van der Waals surface area contributed by atoms with Gasteiger partial charge in [0.05, 0.1) is 11.9 Å². The molecule has 0 bridgehead atoms. The number of alkyl halides is 1. The zero-order valence-electron chi connectivity index (χ0n) is 17.1. The first kappa shape index (κ1) is 19.5. The molecule has 3 aromatic rings. The van der Waals surface area contributed by atoms with Crippen molar-refractivity contribution in [2.24, 2.45) is 7.05 Å². The fraction of sp³-hybridized carbons (Fsp3) is 0.409. The van der Waals surface area contributed by atoms with Crippen LogP contribution in [-0.2, 0) is 11.8 Å². The van der Waals surface area contributed by atoms with Crippen molar-refractivity contribution in [1.82, 2.24) is 19.4 Å². The van der Waals surface area contributed by atoms with Gasteiger partial charge in [0.1, 0.15) is 11.6 Å². The molecule has 0 unspecified atom stereocenters. The number of halogens is 1. The van der Waals surface area contributed by atoms with Gasteiger partial charge in [-0.25, -0.2) is 14.4 Å². The number of aromatic nitrogens is 3. The van der Waals surface area contributed by atoms with Crippen molar-refractivity contribution < 1.29 is 9.18 Å². The number of nitrogens with zero attached hydrogens (tertiary/aromatic N) is 4. The highest BCUT2D eigenvalue weighted by Gasteiger charge is 2.41. The van der Waals surface area contributed by atoms with E-state index in [4.69, 9.17) is 0 Å². The predicted molar refractivity (Wildman–Crippen MR) is 112 cm³/mol. The maximum atomic E-state index is 15.1. The number of nitrogens with one attached hydrogen (secondary N) is 1. The standard InChI is InChI=1S/C22H26FN5O/c1-4-28-9-7-22(23,8-10-28)21(29)26-20-12-18-11-16(5-6-17(18)13-25-20)19-14-24-15(2)27(19)3/h5-6,11-14H,4,7-10H2,1-3H3,(H,25,26,29). The number of likely N-dealkylation sites (tertiary alicyclic amines) is 1. The van der Waals surface area contributed by atoms with Crippen LogP contribution in [0.2, 0.25) is 0 Å². The van der Waals surface area contributed by atoms with Gasteiger partial charge < -0.3 is 14.8 Å². The molecule has 1 N–H and O–H groups in total. The zero-order valence-corrected chi connectivity index (χ0v) is 17.1. The van der Waals surface area contributed by atoms with Crippen molar-refractivity contribution in [2.45, 2.75) is 32.4 Å². The van der Waals surface area contributed by atoms with Crippen LogP contribution >= 0.6 is 0 Å². The van der Waals surface area contributed by atoms with Crippen molar-refractivity contribution in [3.8, 4) is 11.3 Å². The van der Waals surface area contributed by atoms with Gasteiger partial charge in [0.25, 0.3) is 5.91 Å². The topological polar surface area (TPSA) is 63.1 Å².